The zero-order valence-corrected chi connectivity index (χ0v) is 28.7. The van der Waals surface area contributed by atoms with Crippen LogP contribution in [0.4, 0.5) is 8.78 Å². The normalized spacial score (nSPS) is 11.7. The molecule has 5 rings (SSSR count). The summed E-state index contributed by atoms with van der Waals surface area (Å²) in [6, 6.07) is 15.5. The Morgan fingerprint density at radius 2 is 1.51 bits per heavy atom. The molecule has 0 aliphatic carbocycles. The van der Waals surface area contributed by atoms with Crippen molar-refractivity contribution in [3.63, 3.8) is 0 Å². The number of aliphatic hydroxyl groups excluding tert-OH is 1. The van der Waals surface area contributed by atoms with E-state index in [1.165, 1.54) is 23.5 Å². The minimum atomic E-state index is -0.564. The Hall–Kier alpha value is -2.99. The van der Waals surface area contributed by atoms with Gasteiger partial charge in [0, 0.05) is 81.5 Å². The molecule has 0 unspecified atom stereocenters. The third-order valence-electron chi connectivity index (χ3n) is 7.88. The molecule has 3 aromatic carbocycles. The second-order valence-electron chi connectivity index (χ2n) is 10.8. The first-order valence-electron chi connectivity index (χ1n) is 14.7. The van der Waals surface area contributed by atoms with E-state index in [2.05, 4.69) is 30.1 Å². The van der Waals surface area contributed by atoms with Crippen molar-refractivity contribution in [2.45, 2.75) is 67.2 Å². The monoisotopic (exact) mass is 779 g/mol. The Labute approximate surface area is 270 Å². The van der Waals surface area contributed by atoms with Gasteiger partial charge in [-0.15, -0.1) is 46.2 Å². The summed E-state index contributed by atoms with van der Waals surface area (Å²) in [6.07, 6.45) is 6.69. The number of rotatable bonds is 8. The molecule has 0 atom stereocenters. The molecule has 0 spiro atoms. The van der Waals surface area contributed by atoms with E-state index >= 15 is 0 Å². The number of halogens is 2. The maximum atomic E-state index is 14.2. The van der Waals surface area contributed by atoms with Crippen molar-refractivity contribution in [1.29, 1.82) is 0 Å². The maximum absolute atomic E-state index is 14.2. The number of ketones is 1. The number of carbonyl (C=O) groups excluding carboxylic acids is 1. The molecular formula is C36H38F2IrNO2S-. The second-order valence-corrected chi connectivity index (χ2v) is 11.8. The van der Waals surface area contributed by atoms with Gasteiger partial charge in [-0.05, 0) is 43.2 Å². The predicted octanol–water partition coefficient (Wildman–Crippen LogP) is 10.8. The van der Waals surface area contributed by atoms with Crippen LogP contribution < -0.4 is 0 Å². The first-order chi connectivity index (χ1) is 20.1. The number of thiophene rings is 1. The average Bonchev–Trinajstić information content (AvgIpc) is 3.33. The Morgan fingerprint density at radius 1 is 0.884 bits per heavy atom. The largest absolute Gasteiger partial charge is 0.512 e. The number of allylic oxidation sites excluding steroid dienone is 2. The summed E-state index contributed by atoms with van der Waals surface area (Å²) in [6.45, 7) is 12.1. The van der Waals surface area contributed by atoms with Crippen molar-refractivity contribution >= 4 is 48.1 Å². The van der Waals surface area contributed by atoms with Crippen LogP contribution in [0.15, 0.2) is 60.5 Å². The first kappa shape index (κ1) is 34.5. The molecule has 0 fully saturated rings. The zero-order chi connectivity index (χ0) is 30.6. The molecule has 1 radical (unpaired) electrons. The molecule has 0 aliphatic heterocycles. The topological polar surface area (TPSA) is 50.2 Å². The van der Waals surface area contributed by atoms with Gasteiger partial charge in [-0.25, -0.2) is 8.78 Å². The Bertz CT molecular complexity index is 1750. The van der Waals surface area contributed by atoms with Gasteiger partial charge in [-0.1, -0.05) is 53.7 Å². The van der Waals surface area contributed by atoms with Gasteiger partial charge in [-0.2, -0.15) is 0 Å². The van der Waals surface area contributed by atoms with E-state index in [0.29, 0.717) is 10.8 Å². The van der Waals surface area contributed by atoms with Crippen LogP contribution in [-0.4, -0.2) is 15.9 Å². The van der Waals surface area contributed by atoms with Crippen molar-refractivity contribution in [3.8, 4) is 11.3 Å². The van der Waals surface area contributed by atoms with Gasteiger partial charge >= 0.3 is 0 Å². The molecule has 3 nitrogen and oxygen atoms in total. The van der Waals surface area contributed by atoms with Crippen LogP contribution in [-0.2, 0) is 24.9 Å². The van der Waals surface area contributed by atoms with Crippen molar-refractivity contribution < 1.29 is 38.8 Å². The summed E-state index contributed by atoms with van der Waals surface area (Å²) < 4.78 is 30.0. The van der Waals surface area contributed by atoms with Gasteiger partial charge in [0.2, 0.25) is 0 Å². The van der Waals surface area contributed by atoms with Crippen LogP contribution in [0.2, 0.25) is 0 Å². The van der Waals surface area contributed by atoms with Crippen LogP contribution in [0.25, 0.3) is 42.2 Å². The molecule has 0 saturated heterocycles. The summed E-state index contributed by atoms with van der Waals surface area (Å²) >= 11 is 1.53. The molecule has 229 valence electrons. The fourth-order valence-electron chi connectivity index (χ4n) is 5.51. The number of nitrogens with zero attached hydrogens (tertiary/aromatic N) is 1. The number of aliphatic hydroxyl groups is 1. The molecule has 1 N–H and O–H groups in total. The summed E-state index contributed by atoms with van der Waals surface area (Å²) in [5.41, 5.74) is 3.99. The zero-order valence-electron chi connectivity index (χ0n) is 25.5. The second kappa shape index (κ2) is 15.1. The quantitative estimate of drug-likeness (QED) is 0.0970. The van der Waals surface area contributed by atoms with Crippen molar-refractivity contribution in [2.24, 2.45) is 11.8 Å². The summed E-state index contributed by atoms with van der Waals surface area (Å²) in [4.78, 5) is 16.3. The number of hydrogen-bond donors (Lipinski definition) is 1. The smallest absolute Gasteiger partial charge is 0.162 e. The third-order valence-corrected chi connectivity index (χ3v) is 9.15. The third kappa shape index (κ3) is 7.57. The van der Waals surface area contributed by atoms with Crippen LogP contribution in [0, 0.1) is 43.4 Å². The molecule has 2 aromatic heterocycles. The van der Waals surface area contributed by atoms with E-state index in [1.54, 1.807) is 12.3 Å². The van der Waals surface area contributed by atoms with Crippen molar-refractivity contribution in [2.75, 3.05) is 0 Å². The molecule has 43 heavy (non-hydrogen) atoms. The fourth-order valence-corrected chi connectivity index (χ4v) is 6.83. The van der Waals surface area contributed by atoms with Crippen LogP contribution in [0.3, 0.4) is 0 Å². The fraction of sp³-hybridized carbons (Fsp3) is 0.333. The first-order valence-corrected chi connectivity index (χ1v) is 15.5. The van der Waals surface area contributed by atoms with Crippen LogP contribution in [0.1, 0.15) is 64.5 Å². The Kier molecular flexibility index (Phi) is 12.1. The minimum absolute atomic E-state index is 0. The van der Waals surface area contributed by atoms with Gasteiger partial charge in [-0.3, -0.25) is 4.79 Å². The van der Waals surface area contributed by atoms with E-state index in [4.69, 9.17) is 0 Å². The number of benzene rings is 3. The van der Waals surface area contributed by atoms with Crippen molar-refractivity contribution in [1.82, 2.24) is 4.98 Å². The Balaban J connectivity index is 0.000000274. The molecule has 5 aromatic rings. The summed E-state index contributed by atoms with van der Waals surface area (Å²) in [5, 5.41) is 12.8. The molecule has 0 amide bonds. The van der Waals surface area contributed by atoms with E-state index < -0.39 is 11.6 Å². The standard InChI is InChI=1S/C23H14F2NS.C13H24O2.Ir/c1-12-7-13(2)9-14(8-12)21-23-18(5-6-26-21)17-4-3-16-19(22(17)27-23)10-15(24)11-20(16)25;1-5-10(6-2)12(14)9-13(15)11(7-3)8-4;/h3-8,10-11H,1-2H3;9-11,14H,5-8H2,1-4H3;/q-1;;/b;12-9-;. The molecule has 0 bridgehead atoms. The molecular weight excluding hydrogens is 741 g/mol. The number of carbonyl (C=O) groups is 1. The van der Waals surface area contributed by atoms with Gasteiger partial charge in [0.05, 0.1) is 5.76 Å². The van der Waals surface area contributed by atoms with E-state index in [9.17, 15) is 18.7 Å². The van der Waals surface area contributed by atoms with Crippen LogP contribution in [0.5, 0.6) is 0 Å². The number of pyridine rings is 1. The Morgan fingerprint density at radius 3 is 2.14 bits per heavy atom. The van der Waals surface area contributed by atoms with Gasteiger partial charge in [0.15, 0.2) is 5.78 Å². The molecule has 0 saturated carbocycles. The van der Waals surface area contributed by atoms with E-state index in [0.717, 1.165) is 74.3 Å². The number of hydrogen-bond acceptors (Lipinski definition) is 4. The maximum Gasteiger partial charge on any atom is 0.162 e. The number of aromatic nitrogens is 1. The average molecular weight is 779 g/mol. The minimum Gasteiger partial charge on any atom is -0.512 e. The van der Waals surface area contributed by atoms with Crippen LogP contribution >= 0.6 is 11.3 Å². The molecule has 2 heterocycles. The number of aryl methyl sites for hydroxylation is 2. The van der Waals surface area contributed by atoms with Gasteiger partial charge < -0.3 is 10.1 Å². The van der Waals surface area contributed by atoms with Gasteiger partial charge in [0.25, 0.3) is 0 Å². The summed E-state index contributed by atoms with van der Waals surface area (Å²) in [7, 11) is 0. The van der Waals surface area contributed by atoms with E-state index in [-0.39, 0.29) is 43.5 Å². The predicted molar refractivity (Wildman–Crippen MR) is 172 cm³/mol. The van der Waals surface area contributed by atoms with E-state index in [1.807, 2.05) is 46.8 Å². The SMILES string of the molecule is CCC(CC)C(=O)/C=C(\O)C(CC)CC.Cc1[c-]c(-c2nccc3c2sc2c4cc(F)cc(F)c4ccc32)cc(C)c1.[Ir]. The molecule has 0 aliphatic rings. The van der Waals surface area contributed by atoms with Crippen molar-refractivity contribution in [3.05, 3.63) is 89.3 Å². The molecule has 7 heteroatoms. The number of fused-ring (bicyclic) bond motifs is 5. The summed E-state index contributed by atoms with van der Waals surface area (Å²) in [5.74, 6) is -0.553. The van der Waals surface area contributed by atoms with Gasteiger partial charge in [0.1, 0.15) is 11.6 Å².